The molecule has 3 aromatic rings. The zero-order valence-corrected chi connectivity index (χ0v) is 15.2. The molecule has 134 valence electrons. The van der Waals surface area contributed by atoms with Crippen LogP contribution >= 0.6 is 23.2 Å². The number of morpholine rings is 1. The first-order chi connectivity index (χ1) is 12.6. The number of hydrogen-bond donors (Lipinski definition) is 0. The molecule has 1 aliphatic rings. The maximum absolute atomic E-state index is 12.5. The second kappa shape index (κ2) is 7.19. The Morgan fingerprint density at radius 2 is 1.81 bits per heavy atom. The number of fused-ring (bicyclic) bond motifs is 1. The molecule has 0 saturated carbocycles. The van der Waals surface area contributed by atoms with Gasteiger partial charge in [0, 0.05) is 24.2 Å². The average molecular weight is 392 g/mol. The van der Waals surface area contributed by atoms with E-state index in [0.717, 1.165) is 18.7 Å². The van der Waals surface area contributed by atoms with Gasteiger partial charge in [0.2, 0.25) is 0 Å². The molecule has 0 N–H and O–H groups in total. The fraction of sp³-hybridized carbons (Fsp3) is 0.294. The van der Waals surface area contributed by atoms with E-state index in [1.807, 2.05) is 18.2 Å². The summed E-state index contributed by atoms with van der Waals surface area (Å²) in [7, 11) is 0. The van der Waals surface area contributed by atoms with Gasteiger partial charge in [-0.2, -0.15) is 4.98 Å². The van der Waals surface area contributed by atoms with E-state index in [-0.39, 0.29) is 5.15 Å². The summed E-state index contributed by atoms with van der Waals surface area (Å²) in [6.45, 7) is 3.05. The van der Waals surface area contributed by atoms with E-state index >= 15 is 0 Å². The molecule has 2 aromatic heterocycles. The normalized spacial score (nSPS) is 14.8. The van der Waals surface area contributed by atoms with Crippen LogP contribution in [0.4, 0.5) is 5.82 Å². The summed E-state index contributed by atoms with van der Waals surface area (Å²) in [5.74, 6) is 0.687. The first-order valence-corrected chi connectivity index (χ1v) is 8.88. The molecule has 1 aliphatic heterocycles. The summed E-state index contributed by atoms with van der Waals surface area (Å²) in [6.07, 6.45) is 0. The molecule has 3 heterocycles. The van der Waals surface area contributed by atoms with Gasteiger partial charge in [-0.15, -0.1) is 10.2 Å². The molecule has 0 unspecified atom stereocenters. The molecular weight excluding hydrogens is 377 g/mol. The smallest absolute Gasteiger partial charge is 0.349 e. The van der Waals surface area contributed by atoms with Gasteiger partial charge in [0.1, 0.15) is 5.52 Å². The number of aromatic nitrogens is 4. The number of anilines is 1. The largest absolute Gasteiger partial charge is 0.378 e. The number of halogens is 2. The molecule has 0 amide bonds. The van der Waals surface area contributed by atoms with Gasteiger partial charge in [-0.3, -0.25) is 4.57 Å². The van der Waals surface area contributed by atoms with E-state index in [0.29, 0.717) is 41.6 Å². The quantitative estimate of drug-likeness (QED) is 0.638. The fourth-order valence-electron chi connectivity index (χ4n) is 2.90. The number of benzene rings is 1. The van der Waals surface area contributed by atoms with E-state index in [2.05, 4.69) is 20.1 Å². The highest BCUT2D eigenvalue weighted by Crippen LogP contribution is 2.22. The van der Waals surface area contributed by atoms with Crippen molar-refractivity contribution in [3.05, 3.63) is 56.6 Å². The van der Waals surface area contributed by atoms with Crippen molar-refractivity contribution in [3.8, 4) is 0 Å². The summed E-state index contributed by atoms with van der Waals surface area (Å²) in [5, 5.41) is 9.14. The van der Waals surface area contributed by atoms with Crippen LogP contribution in [0.2, 0.25) is 10.2 Å². The standard InChI is InChI=1S/C17H15Cl2N5O2/c18-12-3-1-11(2-4-12)10-24-13-9-14(23-5-7-26-8-6-23)21-22-15(13)16(19)20-17(24)25/h1-4,9H,5-8,10H2. The highest BCUT2D eigenvalue weighted by Gasteiger charge is 2.17. The van der Waals surface area contributed by atoms with Gasteiger partial charge in [-0.05, 0) is 17.7 Å². The Hall–Kier alpha value is -2.22. The Morgan fingerprint density at radius 3 is 2.54 bits per heavy atom. The minimum atomic E-state index is -0.432. The van der Waals surface area contributed by atoms with E-state index in [4.69, 9.17) is 27.9 Å². The van der Waals surface area contributed by atoms with E-state index < -0.39 is 5.69 Å². The van der Waals surface area contributed by atoms with Crippen LogP contribution in [-0.4, -0.2) is 46.1 Å². The lowest BCUT2D eigenvalue weighted by atomic mass is 10.2. The molecule has 0 spiro atoms. The third-order valence-electron chi connectivity index (χ3n) is 4.26. The predicted octanol–water partition coefficient (Wildman–Crippen LogP) is 2.38. The van der Waals surface area contributed by atoms with Crippen molar-refractivity contribution in [2.24, 2.45) is 0 Å². The first kappa shape index (κ1) is 17.2. The lowest BCUT2D eigenvalue weighted by Gasteiger charge is -2.27. The number of rotatable bonds is 3. The van der Waals surface area contributed by atoms with Gasteiger partial charge in [0.05, 0.1) is 25.3 Å². The topological polar surface area (TPSA) is 73.1 Å². The zero-order chi connectivity index (χ0) is 18.1. The van der Waals surface area contributed by atoms with Gasteiger partial charge in [0.15, 0.2) is 11.0 Å². The second-order valence-electron chi connectivity index (χ2n) is 5.93. The molecule has 4 rings (SSSR count). The fourth-order valence-corrected chi connectivity index (χ4v) is 3.23. The molecule has 9 heteroatoms. The van der Waals surface area contributed by atoms with Crippen molar-refractivity contribution in [1.29, 1.82) is 0 Å². The zero-order valence-electron chi connectivity index (χ0n) is 13.7. The van der Waals surface area contributed by atoms with Crippen LogP contribution in [0.15, 0.2) is 35.1 Å². The van der Waals surface area contributed by atoms with E-state index in [1.54, 1.807) is 16.7 Å². The maximum atomic E-state index is 12.5. The second-order valence-corrected chi connectivity index (χ2v) is 6.73. The van der Waals surface area contributed by atoms with Crippen molar-refractivity contribution in [2.45, 2.75) is 6.54 Å². The van der Waals surface area contributed by atoms with Crippen LogP contribution < -0.4 is 10.6 Å². The van der Waals surface area contributed by atoms with Crippen molar-refractivity contribution in [3.63, 3.8) is 0 Å². The molecule has 1 saturated heterocycles. The molecule has 0 bridgehead atoms. The van der Waals surface area contributed by atoms with Gasteiger partial charge >= 0.3 is 5.69 Å². The summed E-state index contributed by atoms with van der Waals surface area (Å²) in [4.78, 5) is 18.4. The molecule has 26 heavy (non-hydrogen) atoms. The number of hydrogen-bond acceptors (Lipinski definition) is 6. The third-order valence-corrected chi connectivity index (χ3v) is 4.78. The molecule has 1 aromatic carbocycles. The number of ether oxygens (including phenoxy) is 1. The van der Waals surface area contributed by atoms with Crippen LogP contribution in [0.3, 0.4) is 0 Å². The molecule has 0 radical (unpaired) electrons. The van der Waals surface area contributed by atoms with E-state index in [1.165, 1.54) is 0 Å². The van der Waals surface area contributed by atoms with E-state index in [9.17, 15) is 4.79 Å². The highest BCUT2D eigenvalue weighted by atomic mass is 35.5. The Labute approximate surface area is 159 Å². The predicted molar refractivity (Wildman–Crippen MR) is 100 cm³/mol. The summed E-state index contributed by atoms with van der Waals surface area (Å²) >= 11 is 12.1. The maximum Gasteiger partial charge on any atom is 0.349 e. The minimum Gasteiger partial charge on any atom is -0.378 e. The van der Waals surface area contributed by atoms with Crippen LogP contribution in [0, 0.1) is 0 Å². The van der Waals surface area contributed by atoms with Crippen LogP contribution in [0.1, 0.15) is 5.56 Å². The lowest BCUT2D eigenvalue weighted by molar-refractivity contribution is 0.122. The van der Waals surface area contributed by atoms with Crippen molar-refractivity contribution in [2.75, 3.05) is 31.2 Å². The van der Waals surface area contributed by atoms with Gasteiger partial charge < -0.3 is 9.64 Å². The van der Waals surface area contributed by atoms with Gasteiger partial charge in [-0.1, -0.05) is 35.3 Å². The summed E-state index contributed by atoms with van der Waals surface area (Å²) in [5.41, 5.74) is 1.49. The molecular formula is C17H15Cl2N5O2. The van der Waals surface area contributed by atoms with Crippen LogP contribution in [0.5, 0.6) is 0 Å². The first-order valence-electron chi connectivity index (χ1n) is 8.13. The Kier molecular flexibility index (Phi) is 4.76. The minimum absolute atomic E-state index is 0.0541. The monoisotopic (exact) mass is 391 g/mol. The SMILES string of the molecule is O=c1nc(Cl)c2nnc(N3CCOCC3)cc2n1Cc1ccc(Cl)cc1. The van der Waals surface area contributed by atoms with Crippen molar-refractivity contribution in [1.82, 2.24) is 19.7 Å². The summed E-state index contributed by atoms with van der Waals surface area (Å²) < 4.78 is 6.92. The highest BCUT2D eigenvalue weighted by molar-refractivity contribution is 6.33. The number of nitrogens with zero attached hydrogens (tertiary/aromatic N) is 5. The third kappa shape index (κ3) is 3.38. The van der Waals surface area contributed by atoms with Gasteiger partial charge in [0.25, 0.3) is 0 Å². The molecule has 1 fully saturated rings. The summed E-state index contributed by atoms with van der Waals surface area (Å²) in [6, 6.07) is 9.14. The average Bonchev–Trinajstić information content (AvgIpc) is 2.67. The van der Waals surface area contributed by atoms with Crippen LogP contribution in [0.25, 0.3) is 11.0 Å². The van der Waals surface area contributed by atoms with Crippen LogP contribution in [-0.2, 0) is 11.3 Å². The molecule has 0 aliphatic carbocycles. The van der Waals surface area contributed by atoms with Crippen molar-refractivity contribution < 1.29 is 4.74 Å². The Bertz CT molecular complexity index is 1000. The van der Waals surface area contributed by atoms with Crippen molar-refractivity contribution >= 4 is 40.1 Å². The Balaban J connectivity index is 1.81. The molecule has 7 nitrogen and oxygen atoms in total. The van der Waals surface area contributed by atoms with Gasteiger partial charge in [-0.25, -0.2) is 4.79 Å². The Morgan fingerprint density at radius 1 is 1.08 bits per heavy atom. The molecule has 0 atom stereocenters. The lowest BCUT2D eigenvalue weighted by Crippen LogP contribution is -2.37.